The normalized spacial score (nSPS) is 10.3. The van der Waals surface area contributed by atoms with Crippen molar-refractivity contribution in [3.05, 3.63) is 17.8 Å². The van der Waals surface area contributed by atoms with Crippen molar-refractivity contribution < 1.29 is 14.6 Å². The number of nitrogens with zero attached hydrogens (tertiary/aromatic N) is 1. The summed E-state index contributed by atoms with van der Waals surface area (Å²) < 4.78 is 4.91. The lowest BCUT2D eigenvalue weighted by Crippen LogP contribution is -2.03. The van der Waals surface area contributed by atoms with Crippen LogP contribution in [0.2, 0.25) is 0 Å². The quantitative estimate of drug-likeness (QED) is 0.580. The van der Waals surface area contributed by atoms with Crippen LogP contribution in [0.4, 0.5) is 5.69 Å². The Kier molecular flexibility index (Phi) is 5.07. The van der Waals surface area contributed by atoms with Crippen molar-refractivity contribution in [3.63, 3.8) is 0 Å². The molecule has 0 aliphatic rings. The fraction of sp³-hybridized carbons (Fsp3) is 0.400. The molecule has 0 spiro atoms. The van der Waals surface area contributed by atoms with E-state index in [4.69, 9.17) is 15.6 Å². The Hall–Kier alpha value is -1.27. The molecule has 0 aliphatic carbocycles. The van der Waals surface area contributed by atoms with Gasteiger partial charge < -0.3 is 15.6 Å². The number of nitrogens with two attached hydrogens (primary N) is 1. The molecule has 6 heteroatoms. The van der Waals surface area contributed by atoms with Gasteiger partial charge in [-0.15, -0.1) is 11.8 Å². The molecular weight excluding hydrogens is 228 g/mol. The van der Waals surface area contributed by atoms with E-state index < -0.39 is 5.97 Å². The van der Waals surface area contributed by atoms with Gasteiger partial charge in [0.1, 0.15) is 5.03 Å². The second kappa shape index (κ2) is 6.34. The zero-order valence-electron chi connectivity index (χ0n) is 8.97. The van der Waals surface area contributed by atoms with E-state index >= 15 is 0 Å². The van der Waals surface area contributed by atoms with E-state index in [1.165, 1.54) is 24.0 Å². The summed E-state index contributed by atoms with van der Waals surface area (Å²) in [5.74, 6) is -0.237. The number of thioether (sulfide) groups is 1. The Labute approximate surface area is 98.0 Å². The molecule has 3 N–H and O–H groups in total. The molecule has 0 saturated heterocycles. The summed E-state index contributed by atoms with van der Waals surface area (Å²) in [4.78, 5) is 14.9. The Bertz CT molecular complexity index is 371. The predicted molar refractivity (Wildman–Crippen MR) is 62.8 cm³/mol. The number of aromatic nitrogens is 1. The number of anilines is 1. The minimum absolute atomic E-state index is 0.155. The number of nitrogen functional groups attached to an aromatic ring is 1. The van der Waals surface area contributed by atoms with Crippen LogP contribution in [0.5, 0.6) is 0 Å². The molecule has 1 heterocycles. The van der Waals surface area contributed by atoms with Gasteiger partial charge in [0.2, 0.25) is 0 Å². The zero-order chi connectivity index (χ0) is 12.0. The third kappa shape index (κ3) is 3.71. The highest BCUT2D eigenvalue weighted by Gasteiger charge is 2.12. The first-order valence-corrected chi connectivity index (χ1v) is 5.74. The summed E-state index contributed by atoms with van der Waals surface area (Å²) in [7, 11) is 1.63. The van der Waals surface area contributed by atoms with Gasteiger partial charge in [0.25, 0.3) is 0 Å². The number of hydrogen-bond donors (Lipinski definition) is 2. The van der Waals surface area contributed by atoms with Gasteiger partial charge in [-0.2, -0.15) is 0 Å². The molecule has 0 unspecified atom stereocenters. The topological polar surface area (TPSA) is 85.4 Å². The van der Waals surface area contributed by atoms with Gasteiger partial charge in [-0.3, -0.25) is 0 Å². The molecule has 5 nitrogen and oxygen atoms in total. The van der Waals surface area contributed by atoms with Crippen molar-refractivity contribution in [1.82, 2.24) is 4.98 Å². The number of rotatable bonds is 6. The number of carboxylic acid groups (broad SMARTS) is 1. The first-order valence-electron chi connectivity index (χ1n) is 4.75. The molecule has 88 valence electrons. The molecule has 0 atom stereocenters. The number of carboxylic acids is 1. The molecule has 0 bridgehead atoms. The van der Waals surface area contributed by atoms with E-state index in [1.807, 2.05) is 0 Å². The Balaban J connectivity index is 2.67. The Morgan fingerprint density at radius 3 is 3.06 bits per heavy atom. The highest BCUT2D eigenvalue weighted by Crippen LogP contribution is 2.22. The first kappa shape index (κ1) is 12.8. The van der Waals surface area contributed by atoms with E-state index in [1.54, 1.807) is 7.11 Å². The van der Waals surface area contributed by atoms with Crippen LogP contribution in [0.3, 0.4) is 0 Å². The number of methoxy groups -OCH3 is 1. The molecule has 1 aromatic heterocycles. The highest BCUT2D eigenvalue weighted by molar-refractivity contribution is 7.99. The summed E-state index contributed by atoms with van der Waals surface area (Å²) in [6.45, 7) is 0.657. The smallest absolute Gasteiger partial charge is 0.338 e. The molecule has 0 radical (unpaired) electrons. The van der Waals surface area contributed by atoms with Gasteiger partial charge in [0.05, 0.1) is 17.4 Å². The van der Waals surface area contributed by atoms with Crippen LogP contribution in [0, 0.1) is 0 Å². The second-order valence-corrected chi connectivity index (χ2v) is 4.20. The molecule has 0 amide bonds. The lowest BCUT2D eigenvalue weighted by Gasteiger charge is -2.05. The highest BCUT2D eigenvalue weighted by atomic mass is 32.2. The van der Waals surface area contributed by atoms with Crippen LogP contribution in [0.25, 0.3) is 0 Å². The second-order valence-electron chi connectivity index (χ2n) is 3.12. The summed E-state index contributed by atoms with van der Waals surface area (Å²) in [6, 6.07) is 1.42. The molecule has 0 saturated carbocycles. The average molecular weight is 242 g/mol. The molecule has 16 heavy (non-hydrogen) atoms. The van der Waals surface area contributed by atoms with Gasteiger partial charge in [0, 0.05) is 19.5 Å². The number of hydrogen-bond acceptors (Lipinski definition) is 5. The SMILES string of the molecule is COCCCSc1ncc(N)cc1C(=O)O. The van der Waals surface area contributed by atoms with Gasteiger partial charge in [0.15, 0.2) is 0 Å². The van der Waals surface area contributed by atoms with Crippen LogP contribution >= 0.6 is 11.8 Å². The Morgan fingerprint density at radius 2 is 2.44 bits per heavy atom. The molecule has 1 rings (SSSR count). The fourth-order valence-electron chi connectivity index (χ4n) is 1.11. The Morgan fingerprint density at radius 1 is 1.69 bits per heavy atom. The van der Waals surface area contributed by atoms with E-state index in [9.17, 15) is 4.79 Å². The van der Waals surface area contributed by atoms with Gasteiger partial charge in [-0.1, -0.05) is 0 Å². The number of ether oxygens (including phenoxy) is 1. The molecular formula is C10H14N2O3S. The zero-order valence-corrected chi connectivity index (χ0v) is 9.79. The minimum atomic E-state index is -1.01. The first-order chi connectivity index (χ1) is 7.65. The van der Waals surface area contributed by atoms with Crippen LogP contribution in [-0.2, 0) is 4.74 Å². The third-order valence-electron chi connectivity index (χ3n) is 1.83. The average Bonchev–Trinajstić information content (AvgIpc) is 2.26. The third-order valence-corrected chi connectivity index (χ3v) is 2.93. The molecule has 1 aromatic rings. The maximum atomic E-state index is 10.9. The van der Waals surface area contributed by atoms with E-state index in [-0.39, 0.29) is 5.56 Å². The molecule has 0 aliphatic heterocycles. The van der Waals surface area contributed by atoms with E-state index in [0.29, 0.717) is 17.3 Å². The van der Waals surface area contributed by atoms with Crippen molar-refractivity contribution in [1.29, 1.82) is 0 Å². The van der Waals surface area contributed by atoms with E-state index in [0.717, 1.165) is 12.2 Å². The predicted octanol–water partition coefficient (Wildman–Crippen LogP) is 1.49. The standard InChI is InChI=1S/C10H14N2O3S/c1-15-3-2-4-16-9-8(10(13)14)5-7(11)6-12-9/h5-6H,2-4,11H2,1H3,(H,13,14). The lowest BCUT2D eigenvalue weighted by molar-refractivity contribution is 0.0692. The largest absolute Gasteiger partial charge is 0.478 e. The van der Waals surface area contributed by atoms with Crippen molar-refractivity contribution in [2.75, 3.05) is 25.2 Å². The van der Waals surface area contributed by atoms with Crippen molar-refractivity contribution >= 4 is 23.4 Å². The maximum absolute atomic E-state index is 10.9. The number of carbonyl (C=O) groups is 1. The maximum Gasteiger partial charge on any atom is 0.338 e. The number of pyridine rings is 1. The van der Waals surface area contributed by atoms with Gasteiger partial charge in [-0.05, 0) is 12.5 Å². The fourth-order valence-corrected chi connectivity index (χ4v) is 1.99. The molecule has 0 fully saturated rings. The van der Waals surface area contributed by atoms with Crippen LogP contribution in [0.1, 0.15) is 16.8 Å². The van der Waals surface area contributed by atoms with Crippen molar-refractivity contribution in [2.24, 2.45) is 0 Å². The van der Waals surface area contributed by atoms with Crippen LogP contribution < -0.4 is 5.73 Å². The summed E-state index contributed by atoms with van der Waals surface area (Å²) >= 11 is 1.40. The minimum Gasteiger partial charge on any atom is -0.478 e. The monoisotopic (exact) mass is 242 g/mol. The summed E-state index contributed by atoms with van der Waals surface area (Å²) in [5, 5.41) is 9.46. The number of aromatic carboxylic acids is 1. The van der Waals surface area contributed by atoms with E-state index in [2.05, 4.69) is 4.98 Å². The van der Waals surface area contributed by atoms with Crippen molar-refractivity contribution in [3.8, 4) is 0 Å². The van der Waals surface area contributed by atoms with Crippen LogP contribution in [0.15, 0.2) is 17.3 Å². The summed E-state index contributed by atoms with van der Waals surface area (Å²) in [6.07, 6.45) is 2.32. The van der Waals surface area contributed by atoms with Crippen LogP contribution in [-0.4, -0.2) is 35.5 Å². The lowest BCUT2D eigenvalue weighted by atomic mass is 10.3. The van der Waals surface area contributed by atoms with Gasteiger partial charge in [-0.25, -0.2) is 9.78 Å². The molecule has 0 aromatic carbocycles. The van der Waals surface area contributed by atoms with Gasteiger partial charge >= 0.3 is 5.97 Å². The van der Waals surface area contributed by atoms with Crippen molar-refractivity contribution in [2.45, 2.75) is 11.4 Å². The summed E-state index contributed by atoms with van der Waals surface area (Å²) in [5.41, 5.74) is 6.00.